The maximum atomic E-state index is 12.5. The molecule has 9 nitrogen and oxygen atoms in total. The molecule has 0 radical (unpaired) electrons. The number of benzene rings is 2. The van der Waals surface area contributed by atoms with Gasteiger partial charge >= 0.3 is 0 Å². The minimum atomic E-state index is -3.60. The summed E-state index contributed by atoms with van der Waals surface area (Å²) in [6.07, 6.45) is 1.58. The first kappa shape index (κ1) is 23.1. The number of anilines is 1. The van der Waals surface area contributed by atoms with Gasteiger partial charge in [-0.25, -0.2) is 13.1 Å². The second-order valence-corrected chi connectivity index (χ2v) is 9.44. The highest BCUT2D eigenvalue weighted by atomic mass is 35.5. The lowest BCUT2D eigenvalue weighted by atomic mass is 10.1. The van der Waals surface area contributed by atoms with Gasteiger partial charge in [0.25, 0.3) is 5.69 Å². The van der Waals surface area contributed by atoms with Crippen LogP contribution in [-0.4, -0.2) is 49.8 Å². The van der Waals surface area contributed by atoms with Crippen molar-refractivity contribution < 1.29 is 18.1 Å². The zero-order valence-corrected chi connectivity index (χ0v) is 18.2. The molecule has 1 aliphatic heterocycles. The first-order valence-corrected chi connectivity index (χ1v) is 11.6. The van der Waals surface area contributed by atoms with E-state index >= 15 is 0 Å². The predicted molar refractivity (Wildman–Crippen MR) is 118 cm³/mol. The Balaban J connectivity index is 1.41. The third kappa shape index (κ3) is 6.73. The molecule has 0 atom stereocenters. The Kier molecular flexibility index (Phi) is 7.60. The molecule has 1 fully saturated rings. The van der Waals surface area contributed by atoms with Crippen molar-refractivity contribution >= 4 is 38.9 Å². The van der Waals surface area contributed by atoms with Crippen molar-refractivity contribution in [3.63, 3.8) is 0 Å². The topological polar surface area (TPSA) is 122 Å². The molecular weight excluding hydrogens is 444 g/mol. The molecule has 2 aromatic carbocycles. The molecule has 2 aromatic rings. The van der Waals surface area contributed by atoms with Crippen molar-refractivity contribution in [1.82, 2.24) is 9.62 Å². The molecular formula is C20H23ClN4O5S. The summed E-state index contributed by atoms with van der Waals surface area (Å²) in [7, 11) is -3.60. The van der Waals surface area contributed by atoms with Gasteiger partial charge in [0.15, 0.2) is 0 Å². The number of nitrogens with zero attached hydrogens (tertiary/aromatic N) is 2. The smallest absolute Gasteiger partial charge is 0.269 e. The van der Waals surface area contributed by atoms with Crippen molar-refractivity contribution in [3.8, 4) is 0 Å². The lowest BCUT2D eigenvalue weighted by Gasteiger charge is -2.32. The second kappa shape index (κ2) is 10.2. The summed E-state index contributed by atoms with van der Waals surface area (Å²) in [5.74, 6) is -0.181. The largest absolute Gasteiger partial charge is 0.326 e. The lowest BCUT2D eigenvalue weighted by Crippen LogP contribution is -2.45. The van der Waals surface area contributed by atoms with Crippen LogP contribution in [0.3, 0.4) is 0 Å². The summed E-state index contributed by atoms with van der Waals surface area (Å²) in [6.45, 7) is 1.91. The van der Waals surface area contributed by atoms with Crippen LogP contribution in [0, 0.1) is 10.1 Å². The van der Waals surface area contributed by atoms with Crippen LogP contribution in [0.5, 0.6) is 0 Å². The molecule has 0 aliphatic carbocycles. The number of piperidine rings is 1. The molecule has 0 bridgehead atoms. The molecule has 0 aromatic heterocycles. The number of amides is 1. The van der Waals surface area contributed by atoms with Crippen LogP contribution in [-0.2, 0) is 14.8 Å². The number of non-ortho nitro benzene ring substituents is 1. The molecule has 1 aliphatic rings. The molecule has 3 rings (SSSR count). The Morgan fingerprint density at radius 1 is 1.10 bits per heavy atom. The molecule has 166 valence electrons. The first-order chi connectivity index (χ1) is 14.7. The Hall–Kier alpha value is -2.53. The number of carbonyl (C=O) groups excluding carboxylic acids is 1. The standard InChI is InChI=1S/C20H23ClN4O5S/c21-15-1-7-19(8-2-15)31(29,30)23-17-9-12-24(13-10-17)14-11-20(26)22-16-3-5-18(6-4-16)25(27)28/h1-8,17,23H,9-14H2,(H,22,26). The minimum absolute atomic E-state index is 0.0347. The maximum absolute atomic E-state index is 12.5. The number of nitro groups is 1. The number of halogens is 1. The quantitative estimate of drug-likeness (QED) is 0.455. The number of carbonyl (C=O) groups is 1. The first-order valence-electron chi connectivity index (χ1n) is 9.77. The molecule has 2 N–H and O–H groups in total. The van der Waals surface area contributed by atoms with Crippen molar-refractivity contribution in [2.75, 3.05) is 25.0 Å². The summed E-state index contributed by atoms with van der Waals surface area (Å²) >= 11 is 5.81. The molecule has 31 heavy (non-hydrogen) atoms. The number of hydrogen-bond donors (Lipinski definition) is 2. The molecule has 0 saturated carbocycles. The van der Waals surface area contributed by atoms with Crippen LogP contribution in [0.15, 0.2) is 53.4 Å². The number of nitro benzene ring substituents is 1. The SMILES string of the molecule is O=C(CCN1CCC(NS(=O)(=O)c2ccc(Cl)cc2)CC1)Nc1ccc([N+](=O)[O-])cc1. The number of likely N-dealkylation sites (tertiary alicyclic amines) is 1. The Bertz CT molecular complexity index is 1020. The van der Waals surface area contributed by atoms with Crippen LogP contribution in [0.2, 0.25) is 5.02 Å². The van der Waals surface area contributed by atoms with Gasteiger partial charge in [0.05, 0.1) is 9.82 Å². The molecule has 1 heterocycles. The minimum Gasteiger partial charge on any atom is -0.326 e. The molecule has 11 heteroatoms. The van der Waals surface area contributed by atoms with E-state index in [0.29, 0.717) is 43.2 Å². The Labute approximate surface area is 185 Å². The van der Waals surface area contributed by atoms with Gasteiger partial charge in [0.2, 0.25) is 15.9 Å². The van der Waals surface area contributed by atoms with E-state index in [0.717, 1.165) is 0 Å². The third-order valence-corrected chi connectivity index (χ3v) is 6.84. The predicted octanol–water partition coefficient (Wildman–Crippen LogP) is 3.02. The number of rotatable bonds is 8. The van der Waals surface area contributed by atoms with E-state index in [2.05, 4.69) is 14.9 Å². The monoisotopic (exact) mass is 466 g/mol. The number of sulfonamides is 1. The van der Waals surface area contributed by atoms with E-state index in [1.165, 1.54) is 36.4 Å². The van der Waals surface area contributed by atoms with Crippen LogP contribution >= 0.6 is 11.6 Å². The fraction of sp³-hybridized carbons (Fsp3) is 0.350. The average Bonchev–Trinajstić information content (AvgIpc) is 2.74. The molecule has 0 spiro atoms. The van der Waals surface area contributed by atoms with Crippen molar-refractivity contribution in [1.29, 1.82) is 0 Å². The zero-order valence-electron chi connectivity index (χ0n) is 16.7. The molecule has 0 unspecified atom stereocenters. The van der Waals surface area contributed by atoms with Crippen LogP contribution < -0.4 is 10.0 Å². The highest BCUT2D eigenvalue weighted by Crippen LogP contribution is 2.18. The fourth-order valence-corrected chi connectivity index (χ4v) is 4.76. The van der Waals surface area contributed by atoms with Crippen LogP contribution in [0.4, 0.5) is 11.4 Å². The molecule has 1 saturated heterocycles. The van der Waals surface area contributed by atoms with Gasteiger partial charge in [-0.1, -0.05) is 11.6 Å². The number of nitrogens with one attached hydrogen (secondary N) is 2. The van der Waals surface area contributed by atoms with Gasteiger partial charge in [-0.3, -0.25) is 14.9 Å². The lowest BCUT2D eigenvalue weighted by molar-refractivity contribution is -0.384. The summed E-state index contributed by atoms with van der Waals surface area (Å²) in [5.41, 5.74) is 0.471. The highest BCUT2D eigenvalue weighted by molar-refractivity contribution is 7.89. The van der Waals surface area contributed by atoms with E-state index in [1.54, 1.807) is 12.1 Å². The van der Waals surface area contributed by atoms with E-state index in [-0.39, 0.29) is 29.0 Å². The average molecular weight is 467 g/mol. The van der Waals surface area contributed by atoms with Gasteiger partial charge in [-0.15, -0.1) is 0 Å². The second-order valence-electron chi connectivity index (χ2n) is 7.29. The van der Waals surface area contributed by atoms with Crippen molar-refractivity contribution in [3.05, 3.63) is 63.7 Å². The fourth-order valence-electron chi connectivity index (χ4n) is 3.33. The van der Waals surface area contributed by atoms with Gasteiger partial charge in [-0.05, 0) is 62.3 Å². The number of hydrogen-bond acceptors (Lipinski definition) is 6. The third-order valence-electron chi connectivity index (χ3n) is 5.05. The van der Waals surface area contributed by atoms with Crippen LogP contribution in [0.1, 0.15) is 19.3 Å². The highest BCUT2D eigenvalue weighted by Gasteiger charge is 2.24. The van der Waals surface area contributed by atoms with E-state index in [9.17, 15) is 23.3 Å². The molecule has 1 amide bonds. The maximum Gasteiger partial charge on any atom is 0.269 e. The van der Waals surface area contributed by atoms with E-state index in [1.807, 2.05) is 0 Å². The summed E-state index contributed by atoms with van der Waals surface area (Å²) in [4.78, 5) is 24.6. The van der Waals surface area contributed by atoms with Crippen molar-refractivity contribution in [2.45, 2.75) is 30.2 Å². The van der Waals surface area contributed by atoms with Gasteiger partial charge in [0.1, 0.15) is 0 Å². The van der Waals surface area contributed by atoms with Crippen LogP contribution in [0.25, 0.3) is 0 Å². The van der Waals surface area contributed by atoms with Crippen molar-refractivity contribution in [2.24, 2.45) is 0 Å². The van der Waals surface area contributed by atoms with E-state index < -0.39 is 14.9 Å². The normalized spacial score (nSPS) is 15.5. The summed E-state index contributed by atoms with van der Waals surface area (Å²) in [6, 6.07) is 11.5. The van der Waals surface area contributed by atoms with Gasteiger partial charge < -0.3 is 10.2 Å². The van der Waals surface area contributed by atoms with Gasteiger partial charge in [0, 0.05) is 41.9 Å². The summed E-state index contributed by atoms with van der Waals surface area (Å²) in [5, 5.41) is 13.9. The van der Waals surface area contributed by atoms with Gasteiger partial charge in [-0.2, -0.15) is 0 Å². The Morgan fingerprint density at radius 3 is 2.29 bits per heavy atom. The summed E-state index contributed by atoms with van der Waals surface area (Å²) < 4.78 is 27.7. The zero-order chi connectivity index (χ0) is 22.4. The van der Waals surface area contributed by atoms with E-state index in [4.69, 9.17) is 11.6 Å². The Morgan fingerprint density at radius 2 is 1.71 bits per heavy atom.